The van der Waals surface area contributed by atoms with Gasteiger partial charge in [0.2, 0.25) is 0 Å². The molecular weight excluding hydrogens is 108 g/mol. The van der Waals surface area contributed by atoms with Crippen LogP contribution in [-0.4, -0.2) is 0 Å². The van der Waals surface area contributed by atoms with E-state index in [0.717, 1.165) is 17.8 Å². The van der Waals surface area contributed by atoms with Crippen LogP contribution in [0.2, 0.25) is 0 Å². The first-order valence-electron chi connectivity index (χ1n) is 4.40. The van der Waals surface area contributed by atoms with E-state index < -0.39 is 0 Å². The van der Waals surface area contributed by atoms with Crippen LogP contribution in [0.4, 0.5) is 0 Å². The third-order valence-corrected chi connectivity index (χ3v) is 3.41. The van der Waals surface area contributed by atoms with Gasteiger partial charge in [-0.05, 0) is 37.0 Å². The molecule has 0 saturated heterocycles. The minimum Gasteiger partial charge on any atom is -0.0651 e. The van der Waals surface area contributed by atoms with E-state index in [1.807, 2.05) is 0 Å². The van der Waals surface area contributed by atoms with Crippen LogP contribution in [0.3, 0.4) is 0 Å². The average molecular weight is 124 g/mol. The fourth-order valence-corrected chi connectivity index (χ4v) is 2.88. The molecule has 0 heterocycles. The van der Waals surface area contributed by atoms with Gasteiger partial charge in [0.25, 0.3) is 0 Å². The van der Waals surface area contributed by atoms with Crippen molar-refractivity contribution in [2.24, 2.45) is 17.8 Å². The fraction of sp³-hybridized carbons (Fsp3) is 1.00. The highest BCUT2D eigenvalue weighted by Crippen LogP contribution is 2.49. The van der Waals surface area contributed by atoms with Gasteiger partial charge >= 0.3 is 0 Å². The van der Waals surface area contributed by atoms with Crippen molar-refractivity contribution in [1.29, 1.82) is 0 Å². The summed E-state index contributed by atoms with van der Waals surface area (Å²) in [4.78, 5) is 0. The van der Waals surface area contributed by atoms with Gasteiger partial charge in [-0.25, -0.2) is 0 Å². The van der Waals surface area contributed by atoms with Gasteiger partial charge < -0.3 is 0 Å². The molecular formula is C9H16. The number of hydrogen-bond donors (Lipinski definition) is 0. The summed E-state index contributed by atoms with van der Waals surface area (Å²) in [6, 6.07) is 0. The minimum atomic E-state index is 1.13. The quantitative estimate of drug-likeness (QED) is 0.504. The van der Waals surface area contributed by atoms with Crippen LogP contribution in [0, 0.1) is 17.8 Å². The molecule has 0 aromatic rings. The van der Waals surface area contributed by atoms with E-state index in [4.69, 9.17) is 0 Å². The number of fused-ring (bicyclic) bond motifs is 2. The van der Waals surface area contributed by atoms with Crippen molar-refractivity contribution >= 4 is 0 Å². The Bertz CT molecular complexity index is 107. The summed E-state index contributed by atoms with van der Waals surface area (Å²) < 4.78 is 0. The van der Waals surface area contributed by atoms with E-state index >= 15 is 0 Å². The Hall–Kier alpha value is 0. The summed E-state index contributed by atoms with van der Waals surface area (Å²) >= 11 is 0. The minimum absolute atomic E-state index is 1.13. The summed E-state index contributed by atoms with van der Waals surface area (Å²) in [5, 5.41) is 0. The molecule has 9 heavy (non-hydrogen) atoms. The van der Waals surface area contributed by atoms with Gasteiger partial charge in [-0.15, -0.1) is 0 Å². The SMILES string of the molecule is CCC1CC2CCC1C2. The zero-order valence-electron chi connectivity index (χ0n) is 6.27. The Morgan fingerprint density at radius 1 is 1.22 bits per heavy atom. The topological polar surface area (TPSA) is 0 Å². The molecule has 2 rings (SSSR count). The molecule has 0 radical (unpaired) electrons. The summed E-state index contributed by atoms with van der Waals surface area (Å²) in [7, 11) is 0. The van der Waals surface area contributed by atoms with Crippen LogP contribution in [0.15, 0.2) is 0 Å². The second-order valence-corrected chi connectivity index (χ2v) is 3.84. The monoisotopic (exact) mass is 124 g/mol. The first kappa shape index (κ1) is 5.76. The lowest BCUT2D eigenvalue weighted by molar-refractivity contribution is 0.324. The predicted molar refractivity (Wildman–Crippen MR) is 39.2 cm³/mol. The lowest BCUT2D eigenvalue weighted by Gasteiger charge is -2.18. The summed E-state index contributed by atoms with van der Waals surface area (Å²) in [6.45, 7) is 2.35. The predicted octanol–water partition coefficient (Wildman–Crippen LogP) is 2.83. The number of hydrogen-bond acceptors (Lipinski definition) is 0. The maximum Gasteiger partial charge on any atom is -0.0383 e. The van der Waals surface area contributed by atoms with Crippen LogP contribution >= 0.6 is 0 Å². The van der Waals surface area contributed by atoms with Crippen molar-refractivity contribution in [2.75, 3.05) is 0 Å². The van der Waals surface area contributed by atoms with Crippen molar-refractivity contribution in [3.05, 3.63) is 0 Å². The molecule has 0 amide bonds. The van der Waals surface area contributed by atoms with Gasteiger partial charge in [-0.3, -0.25) is 0 Å². The highest BCUT2D eigenvalue weighted by Gasteiger charge is 2.37. The zero-order chi connectivity index (χ0) is 6.27. The van der Waals surface area contributed by atoms with Crippen molar-refractivity contribution in [3.8, 4) is 0 Å². The maximum absolute atomic E-state index is 2.35. The van der Waals surface area contributed by atoms with Crippen LogP contribution in [0.1, 0.15) is 39.0 Å². The molecule has 2 aliphatic rings. The standard InChI is InChI=1S/C9H16/c1-2-8-5-7-3-4-9(8)6-7/h7-9H,2-6H2,1H3. The van der Waals surface area contributed by atoms with Gasteiger partial charge in [-0.1, -0.05) is 19.8 Å². The molecule has 0 aromatic carbocycles. The molecule has 2 saturated carbocycles. The highest BCUT2D eigenvalue weighted by atomic mass is 14.4. The van der Waals surface area contributed by atoms with Gasteiger partial charge in [-0.2, -0.15) is 0 Å². The Labute approximate surface area is 57.6 Å². The zero-order valence-corrected chi connectivity index (χ0v) is 6.27. The van der Waals surface area contributed by atoms with Gasteiger partial charge in [0.1, 0.15) is 0 Å². The van der Waals surface area contributed by atoms with E-state index in [9.17, 15) is 0 Å². The first-order chi connectivity index (χ1) is 4.40. The number of rotatable bonds is 1. The average Bonchev–Trinajstić information content (AvgIpc) is 2.45. The summed E-state index contributed by atoms with van der Waals surface area (Å²) in [5.41, 5.74) is 0. The molecule has 52 valence electrons. The van der Waals surface area contributed by atoms with E-state index in [0.29, 0.717) is 0 Å². The largest absolute Gasteiger partial charge is 0.0651 e. The second-order valence-electron chi connectivity index (χ2n) is 3.84. The Morgan fingerprint density at radius 3 is 2.44 bits per heavy atom. The molecule has 2 aliphatic carbocycles. The van der Waals surface area contributed by atoms with Crippen LogP contribution in [0.25, 0.3) is 0 Å². The van der Waals surface area contributed by atoms with Gasteiger partial charge in [0, 0.05) is 0 Å². The van der Waals surface area contributed by atoms with Crippen molar-refractivity contribution in [3.63, 3.8) is 0 Å². The molecule has 0 nitrogen and oxygen atoms in total. The molecule has 2 fully saturated rings. The van der Waals surface area contributed by atoms with Crippen LogP contribution in [0.5, 0.6) is 0 Å². The third-order valence-electron chi connectivity index (χ3n) is 3.41. The molecule has 3 unspecified atom stereocenters. The Morgan fingerprint density at radius 2 is 2.11 bits per heavy atom. The van der Waals surface area contributed by atoms with Crippen molar-refractivity contribution < 1.29 is 0 Å². The molecule has 0 spiro atoms. The maximum atomic E-state index is 2.35. The highest BCUT2D eigenvalue weighted by molar-refractivity contribution is 4.88. The lowest BCUT2D eigenvalue weighted by atomic mass is 9.87. The molecule has 2 bridgehead atoms. The first-order valence-corrected chi connectivity index (χ1v) is 4.40. The van der Waals surface area contributed by atoms with E-state index in [1.165, 1.54) is 6.42 Å². The van der Waals surface area contributed by atoms with Crippen LogP contribution < -0.4 is 0 Å². The smallest absolute Gasteiger partial charge is 0.0383 e. The normalized spacial score (nSPS) is 48.3. The molecule has 0 aromatic heterocycles. The van der Waals surface area contributed by atoms with Crippen molar-refractivity contribution in [2.45, 2.75) is 39.0 Å². The van der Waals surface area contributed by atoms with E-state index in [1.54, 1.807) is 25.7 Å². The fourth-order valence-electron chi connectivity index (χ4n) is 2.88. The molecule has 0 N–H and O–H groups in total. The third kappa shape index (κ3) is 0.798. The molecule has 3 atom stereocenters. The second kappa shape index (κ2) is 2.00. The molecule has 0 heteroatoms. The van der Waals surface area contributed by atoms with Crippen LogP contribution in [-0.2, 0) is 0 Å². The van der Waals surface area contributed by atoms with E-state index in [-0.39, 0.29) is 0 Å². The summed E-state index contributed by atoms with van der Waals surface area (Å²) in [6.07, 6.45) is 7.71. The van der Waals surface area contributed by atoms with Gasteiger partial charge in [0.15, 0.2) is 0 Å². The lowest BCUT2D eigenvalue weighted by Crippen LogP contribution is -2.08. The Balaban J connectivity index is 2.01. The Kier molecular flexibility index (Phi) is 1.28. The van der Waals surface area contributed by atoms with Gasteiger partial charge in [0.05, 0.1) is 0 Å². The molecule has 0 aliphatic heterocycles. The summed E-state index contributed by atoms with van der Waals surface area (Å²) in [5.74, 6) is 3.43. The van der Waals surface area contributed by atoms with E-state index in [2.05, 4.69) is 6.92 Å². The van der Waals surface area contributed by atoms with Crippen molar-refractivity contribution in [1.82, 2.24) is 0 Å².